The summed E-state index contributed by atoms with van der Waals surface area (Å²) in [5.41, 5.74) is 1.40. The zero-order valence-corrected chi connectivity index (χ0v) is 11.9. The van der Waals surface area contributed by atoms with Gasteiger partial charge in [-0.15, -0.1) is 0 Å². The Morgan fingerprint density at radius 3 is 2.81 bits per heavy atom. The Morgan fingerprint density at radius 1 is 1.38 bits per heavy atom. The Morgan fingerprint density at radius 2 is 2.14 bits per heavy atom. The summed E-state index contributed by atoms with van der Waals surface area (Å²) in [5, 5.41) is 22.8. The highest BCUT2D eigenvalue weighted by Gasteiger charge is 2.10. The van der Waals surface area contributed by atoms with Crippen LogP contribution in [0.5, 0.6) is 0 Å². The normalized spacial score (nSPS) is 11.2. The summed E-state index contributed by atoms with van der Waals surface area (Å²) in [5.74, 6) is -1.22. The number of carboxylic acids is 1. The van der Waals surface area contributed by atoms with Crippen LogP contribution in [0.4, 0.5) is 4.79 Å². The number of carbonyl (C=O) groups excluding carboxylic acids is 1. The highest BCUT2D eigenvalue weighted by atomic mass is 16.4. The number of benzene rings is 1. The predicted octanol–water partition coefficient (Wildman–Crippen LogP) is 1.86. The second kappa shape index (κ2) is 8.59. The second-order valence-corrected chi connectivity index (χ2v) is 4.80. The molecule has 0 aliphatic rings. The van der Waals surface area contributed by atoms with Gasteiger partial charge in [0.1, 0.15) is 0 Å². The van der Waals surface area contributed by atoms with E-state index < -0.39 is 11.9 Å². The third-order valence-electron chi connectivity index (χ3n) is 3.03. The minimum absolute atomic E-state index is 0.305. The van der Waals surface area contributed by atoms with Crippen molar-refractivity contribution in [1.82, 2.24) is 10.6 Å². The molecular weight excluding hydrogens is 270 g/mol. The molecular formula is C15H19N3O3. The Bertz CT molecular complexity index is 537. The fraction of sp³-hybridized carbons (Fsp3) is 0.400. The summed E-state index contributed by atoms with van der Waals surface area (Å²) in [4.78, 5) is 22.2. The average Bonchev–Trinajstić information content (AvgIpc) is 2.49. The Kier molecular flexibility index (Phi) is 6.75. The lowest BCUT2D eigenvalue weighted by molar-refractivity contribution is -0.141. The van der Waals surface area contributed by atoms with Gasteiger partial charge in [-0.1, -0.05) is 19.1 Å². The van der Waals surface area contributed by atoms with E-state index in [1.807, 2.05) is 12.1 Å². The molecule has 112 valence electrons. The van der Waals surface area contributed by atoms with Crippen molar-refractivity contribution in [2.75, 3.05) is 6.54 Å². The van der Waals surface area contributed by atoms with Gasteiger partial charge in [0, 0.05) is 13.1 Å². The quantitative estimate of drug-likeness (QED) is 0.667. The molecule has 0 saturated carbocycles. The van der Waals surface area contributed by atoms with Crippen molar-refractivity contribution in [1.29, 1.82) is 5.26 Å². The molecule has 0 fully saturated rings. The first-order valence-corrected chi connectivity index (χ1v) is 6.76. The highest BCUT2D eigenvalue weighted by Crippen LogP contribution is 2.05. The van der Waals surface area contributed by atoms with E-state index in [2.05, 4.69) is 10.6 Å². The highest BCUT2D eigenvalue weighted by molar-refractivity contribution is 5.73. The van der Waals surface area contributed by atoms with Crippen LogP contribution in [0.3, 0.4) is 0 Å². The van der Waals surface area contributed by atoms with Crippen molar-refractivity contribution in [2.45, 2.75) is 26.3 Å². The molecule has 2 amide bonds. The van der Waals surface area contributed by atoms with E-state index in [9.17, 15) is 9.59 Å². The van der Waals surface area contributed by atoms with Crippen molar-refractivity contribution in [3.05, 3.63) is 35.4 Å². The summed E-state index contributed by atoms with van der Waals surface area (Å²) in [7, 11) is 0. The maximum absolute atomic E-state index is 11.5. The number of carbonyl (C=O) groups is 2. The molecule has 6 heteroatoms. The summed E-state index contributed by atoms with van der Waals surface area (Å²) in [6, 6.07) is 8.75. The molecule has 6 nitrogen and oxygen atoms in total. The van der Waals surface area contributed by atoms with Crippen molar-refractivity contribution in [3.63, 3.8) is 0 Å². The molecule has 1 atom stereocenters. The Balaban J connectivity index is 2.22. The first-order chi connectivity index (χ1) is 10.0. The third-order valence-corrected chi connectivity index (χ3v) is 3.03. The lowest BCUT2D eigenvalue weighted by Crippen LogP contribution is -2.35. The van der Waals surface area contributed by atoms with Gasteiger partial charge in [-0.05, 0) is 30.5 Å². The molecule has 1 unspecified atom stereocenters. The molecule has 3 N–H and O–H groups in total. The van der Waals surface area contributed by atoms with Gasteiger partial charge >= 0.3 is 12.0 Å². The maximum atomic E-state index is 11.5. The lowest BCUT2D eigenvalue weighted by Gasteiger charge is -2.09. The molecule has 0 spiro atoms. The number of hydrogen-bond donors (Lipinski definition) is 3. The topological polar surface area (TPSA) is 102 Å². The van der Waals surface area contributed by atoms with Gasteiger partial charge in [-0.2, -0.15) is 5.26 Å². The second-order valence-electron chi connectivity index (χ2n) is 4.80. The molecule has 21 heavy (non-hydrogen) atoms. The van der Waals surface area contributed by atoms with Gasteiger partial charge in [0.2, 0.25) is 0 Å². The van der Waals surface area contributed by atoms with Crippen LogP contribution < -0.4 is 10.6 Å². The molecule has 0 saturated heterocycles. The fourth-order valence-corrected chi connectivity index (χ4v) is 1.73. The van der Waals surface area contributed by atoms with Crippen LogP contribution in [0.15, 0.2) is 24.3 Å². The predicted molar refractivity (Wildman–Crippen MR) is 77.4 cm³/mol. The maximum Gasteiger partial charge on any atom is 0.315 e. The standard InChI is InChI=1S/C15H19N3O3/c1-11(14(19)20)4-3-7-17-15(21)18-10-13-6-2-5-12(8-13)9-16/h2,5-6,8,11H,3-4,7,10H2,1H3,(H,19,20)(H2,17,18,21). The molecule has 0 heterocycles. The number of aliphatic carboxylic acids is 1. The number of nitriles is 1. The Hall–Kier alpha value is -2.55. The molecule has 1 aromatic carbocycles. The van der Waals surface area contributed by atoms with Crippen LogP contribution in [0.25, 0.3) is 0 Å². The number of rotatable bonds is 7. The minimum atomic E-state index is -0.822. The number of nitrogens with one attached hydrogen (secondary N) is 2. The smallest absolute Gasteiger partial charge is 0.315 e. The van der Waals surface area contributed by atoms with Gasteiger partial charge in [0.05, 0.1) is 17.6 Å². The van der Waals surface area contributed by atoms with Crippen molar-refractivity contribution in [2.24, 2.45) is 5.92 Å². The van der Waals surface area contributed by atoms with E-state index in [1.165, 1.54) is 0 Å². The summed E-state index contributed by atoms with van der Waals surface area (Å²) in [6.45, 7) is 2.42. The number of amides is 2. The van der Waals surface area contributed by atoms with E-state index in [0.717, 1.165) is 5.56 Å². The van der Waals surface area contributed by atoms with Crippen LogP contribution >= 0.6 is 0 Å². The first kappa shape index (κ1) is 16.5. The number of hydrogen-bond acceptors (Lipinski definition) is 3. The fourth-order valence-electron chi connectivity index (χ4n) is 1.73. The molecule has 1 rings (SSSR count). The van der Waals surface area contributed by atoms with E-state index >= 15 is 0 Å². The van der Waals surface area contributed by atoms with Crippen LogP contribution in [0.2, 0.25) is 0 Å². The SMILES string of the molecule is CC(CCCNC(=O)NCc1cccc(C#N)c1)C(=O)O. The zero-order chi connectivity index (χ0) is 15.7. The molecule has 0 bridgehead atoms. The number of carboxylic acid groups (broad SMARTS) is 1. The molecule has 0 aliphatic heterocycles. The van der Waals surface area contributed by atoms with Crippen LogP contribution in [-0.4, -0.2) is 23.7 Å². The van der Waals surface area contributed by atoms with Gasteiger partial charge in [0.15, 0.2) is 0 Å². The van der Waals surface area contributed by atoms with E-state index in [-0.39, 0.29) is 6.03 Å². The van der Waals surface area contributed by atoms with Gasteiger partial charge in [-0.25, -0.2) is 4.79 Å². The van der Waals surface area contributed by atoms with Gasteiger partial charge in [0.25, 0.3) is 0 Å². The van der Waals surface area contributed by atoms with Crippen molar-refractivity contribution in [3.8, 4) is 6.07 Å². The van der Waals surface area contributed by atoms with Crippen LogP contribution in [-0.2, 0) is 11.3 Å². The summed E-state index contributed by atoms with van der Waals surface area (Å²) >= 11 is 0. The van der Waals surface area contributed by atoms with Gasteiger partial charge < -0.3 is 15.7 Å². The monoisotopic (exact) mass is 289 g/mol. The Labute approximate surface area is 123 Å². The van der Waals surface area contributed by atoms with Crippen LogP contribution in [0.1, 0.15) is 30.9 Å². The number of nitrogens with zero attached hydrogens (tertiary/aromatic N) is 1. The van der Waals surface area contributed by atoms with E-state index in [4.69, 9.17) is 10.4 Å². The number of urea groups is 1. The lowest BCUT2D eigenvalue weighted by atomic mass is 10.1. The van der Waals surface area contributed by atoms with E-state index in [0.29, 0.717) is 31.5 Å². The average molecular weight is 289 g/mol. The van der Waals surface area contributed by atoms with E-state index in [1.54, 1.807) is 25.1 Å². The molecule has 0 aliphatic carbocycles. The van der Waals surface area contributed by atoms with Gasteiger partial charge in [-0.3, -0.25) is 4.79 Å². The minimum Gasteiger partial charge on any atom is -0.481 e. The third kappa shape index (κ3) is 6.43. The largest absolute Gasteiger partial charge is 0.481 e. The summed E-state index contributed by atoms with van der Waals surface area (Å²) in [6.07, 6.45) is 1.14. The first-order valence-electron chi connectivity index (χ1n) is 6.76. The van der Waals surface area contributed by atoms with Crippen molar-refractivity contribution >= 4 is 12.0 Å². The van der Waals surface area contributed by atoms with Crippen LogP contribution in [0, 0.1) is 17.2 Å². The van der Waals surface area contributed by atoms with Crippen molar-refractivity contribution < 1.29 is 14.7 Å². The molecule has 0 aromatic heterocycles. The molecule has 0 radical (unpaired) electrons. The molecule has 1 aromatic rings. The summed E-state index contributed by atoms with van der Waals surface area (Å²) < 4.78 is 0. The zero-order valence-electron chi connectivity index (χ0n) is 11.9.